The summed E-state index contributed by atoms with van der Waals surface area (Å²) >= 11 is 5.86. The Morgan fingerprint density at radius 3 is 1.50 bits per heavy atom. The first kappa shape index (κ1) is 15.1. The predicted molar refractivity (Wildman–Crippen MR) is 67.2 cm³/mol. The van der Waals surface area contributed by atoms with E-state index in [1.807, 2.05) is 0 Å². The zero-order valence-corrected chi connectivity index (χ0v) is 11.5. The maximum Gasteiger partial charge on any atom is 0.346 e. The summed E-state index contributed by atoms with van der Waals surface area (Å²) in [5.41, 5.74) is 0. The molecule has 0 saturated heterocycles. The van der Waals surface area contributed by atoms with Gasteiger partial charge in [0.2, 0.25) is 0 Å². The summed E-state index contributed by atoms with van der Waals surface area (Å²) in [4.78, 5) is 22.6. The van der Waals surface area contributed by atoms with E-state index in [9.17, 15) is 9.59 Å². The van der Waals surface area contributed by atoms with Gasteiger partial charge in [-0.3, -0.25) is 0 Å². The quantitative estimate of drug-likeness (QED) is 0.418. The van der Waals surface area contributed by atoms with Crippen molar-refractivity contribution in [1.82, 2.24) is 0 Å². The van der Waals surface area contributed by atoms with Crippen LogP contribution in [-0.2, 0) is 19.1 Å². The van der Waals surface area contributed by atoms with Crippen LogP contribution in [0.15, 0.2) is 34.3 Å². The van der Waals surface area contributed by atoms with Crippen LogP contribution in [0.5, 0.6) is 0 Å². The molecule has 0 aromatic carbocycles. The number of ether oxygens (including phenoxy) is 2. The third-order valence-electron chi connectivity index (χ3n) is 1.22. The lowest BCUT2D eigenvalue weighted by Gasteiger charge is -2.04. The van der Waals surface area contributed by atoms with Gasteiger partial charge in [0.05, 0.1) is 0 Å². The predicted octanol–water partition coefficient (Wildman–Crippen LogP) is 2.45. The van der Waals surface area contributed by atoms with Crippen molar-refractivity contribution in [1.29, 1.82) is 0 Å². The van der Waals surface area contributed by atoms with Crippen molar-refractivity contribution in [2.75, 3.05) is 13.2 Å². The highest BCUT2D eigenvalue weighted by Gasteiger charge is 2.18. The number of rotatable bonds is 6. The Labute approximate surface area is 110 Å². The van der Waals surface area contributed by atoms with Gasteiger partial charge in [-0.25, -0.2) is 9.59 Å². The Morgan fingerprint density at radius 1 is 0.938 bits per heavy atom. The van der Waals surface area contributed by atoms with Crippen LogP contribution in [0.2, 0.25) is 0 Å². The SMILES string of the molecule is C=CCOC(=O)/C(Br)=C(\Br)C(=O)OCC=C. The Bertz CT molecular complexity index is 302. The minimum absolute atomic E-state index is 0.0385. The van der Waals surface area contributed by atoms with Gasteiger partial charge in [0.15, 0.2) is 0 Å². The van der Waals surface area contributed by atoms with E-state index in [-0.39, 0.29) is 22.2 Å². The van der Waals surface area contributed by atoms with E-state index in [1.165, 1.54) is 12.2 Å². The normalized spacial score (nSPS) is 11.1. The minimum Gasteiger partial charge on any atom is -0.457 e. The fourth-order valence-corrected chi connectivity index (χ4v) is 1.13. The third-order valence-corrected chi connectivity index (χ3v) is 3.19. The molecule has 0 aliphatic heterocycles. The molecule has 0 heterocycles. The van der Waals surface area contributed by atoms with Gasteiger partial charge in [-0.2, -0.15) is 0 Å². The molecule has 0 saturated carbocycles. The topological polar surface area (TPSA) is 52.6 Å². The zero-order chi connectivity index (χ0) is 12.6. The largest absolute Gasteiger partial charge is 0.457 e. The molecule has 0 rings (SSSR count). The van der Waals surface area contributed by atoms with Crippen molar-refractivity contribution < 1.29 is 19.1 Å². The smallest absolute Gasteiger partial charge is 0.346 e. The fourth-order valence-electron chi connectivity index (χ4n) is 0.575. The molecule has 0 N–H and O–H groups in total. The lowest BCUT2D eigenvalue weighted by atomic mass is 10.5. The average molecular weight is 354 g/mol. The van der Waals surface area contributed by atoms with E-state index in [1.54, 1.807) is 0 Å². The van der Waals surface area contributed by atoms with Gasteiger partial charge in [0.25, 0.3) is 0 Å². The molecule has 0 spiro atoms. The lowest BCUT2D eigenvalue weighted by Crippen LogP contribution is -2.11. The van der Waals surface area contributed by atoms with Crippen molar-refractivity contribution in [3.63, 3.8) is 0 Å². The van der Waals surface area contributed by atoms with Crippen LogP contribution in [0, 0.1) is 0 Å². The Morgan fingerprint density at radius 2 is 1.25 bits per heavy atom. The molecule has 0 amide bonds. The number of carbonyl (C=O) groups excluding carboxylic acids is 2. The van der Waals surface area contributed by atoms with Crippen molar-refractivity contribution in [2.24, 2.45) is 0 Å². The fraction of sp³-hybridized carbons (Fsp3) is 0.200. The van der Waals surface area contributed by atoms with Gasteiger partial charge >= 0.3 is 11.9 Å². The second kappa shape index (κ2) is 8.29. The second-order valence-corrected chi connectivity index (χ2v) is 3.99. The Balaban J connectivity index is 4.54. The molecule has 0 aliphatic rings. The Kier molecular flexibility index (Phi) is 7.84. The maximum absolute atomic E-state index is 11.3. The molecule has 0 atom stereocenters. The molecule has 0 radical (unpaired) electrons. The minimum atomic E-state index is -0.678. The molecule has 0 aromatic heterocycles. The summed E-state index contributed by atoms with van der Waals surface area (Å²) in [5.74, 6) is -1.36. The highest BCUT2D eigenvalue weighted by Crippen LogP contribution is 2.20. The van der Waals surface area contributed by atoms with Gasteiger partial charge < -0.3 is 9.47 Å². The van der Waals surface area contributed by atoms with Crippen LogP contribution in [-0.4, -0.2) is 25.2 Å². The van der Waals surface area contributed by atoms with Gasteiger partial charge in [0.1, 0.15) is 22.2 Å². The summed E-state index contributed by atoms with van der Waals surface area (Å²) in [6.45, 7) is 6.91. The van der Waals surface area contributed by atoms with Crippen LogP contribution in [0.25, 0.3) is 0 Å². The number of esters is 2. The van der Waals surface area contributed by atoms with E-state index < -0.39 is 11.9 Å². The van der Waals surface area contributed by atoms with Crippen molar-refractivity contribution in [2.45, 2.75) is 0 Å². The van der Waals surface area contributed by atoms with Crippen LogP contribution in [0.4, 0.5) is 0 Å². The number of hydrogen-bond acceptors (Lipinski definition) is 4. The molecule has 0 unspecified atom stereocenters. The van der Waals surface area contributed by atoms with Crippen molar-refractivity contribution in [3.8, 4) is 0 Å². The first-order chi connectivity index (χ1) is 7.54. The van der Waals surface area contributed by atoms with E-state index in [2.05, 4.69) is 45.0 Å². The Hall–Kier alpha value is -0.880. The number of hydrogen-bond donors (Lipinski definition) is 0. The van der Waals surface area contributed by atoms with Crippen molar-refractivity contribution in [3.05, 3.63) is 34.3 Å². The number of carbonyl (C=O) groups is 2. The first-order valence-corrected chi connectivity index (χ1v) is 5.74. The van der Waals surface area contributed by atoms with E-state index in [0.717, 1.165) is 0 Å². The first-order valence-electron chi connectivity index (χ1n) is 4.15. The van der Waals surface area contributed by atoms with Gasteiger partial charge in [-0.15, -0.1) is 0 Å². The summed E-state index contributed by atoms with van der Waals surface area (Å²) < 4.78 is 9.34. The second-order valence-electron chi connectivity index (χ2n) is 2.40. The highest BCUT2D eigenvalue weighted by molar-refractivity contribution is 9.14. The molecule has 16 heavy (non-hydrogen) atoms. The maximum atomic E-state index is 11.3. The molecule has 88 valence electrons. The summed E-state index contributed by atoms with van der Waals surface area (Å²) in [6, 6.07) is 0. The van der Waals surface area contributed by atoms with E-state index in [0.29, 0.717) is 0 Å². The van der Waals surface area contributed by atoms with E-state index in [4.69, 9.17) is 9.47 Å². The monoisotopic (exact) mass is 352 g/mol. The molecule has 0 aromatic rings. The van der Waals surface area contributed by atoms with Crippen LogP contribution in [0.3, 0.4) is 0 Å². The van der Waals surface area contributed by atoms with Gasteiger partial charge in [0, 0.05) is 0 Å². The van der Waals surface area contributed by atoms with Crippen molar-refractivity contribution >= 4 is 43.8 Å². The van der Waals surface area contributed by atoms with Gasteiger partial charge in [-0.05, 0) is 31.9 Å². The molecule has 0 fully saturated rings. The van der Waals surface area contributed by atoms with Crippen LogP contribution >= 0.6 is 31.9 Å². The van der Waals surface area contributed by atoms with Crippen LogP contribution < -0.4 is 0 Å². The molecular weight excluding hydrogens is 344 g/mol. The average Bonchev–Trinajstić information content (AvgIpc) is 2.30. The number of halogens is 2. The molecule has 6 heteroatoms. The summed E-state index contributed by atoms with van der Waals surface area (Å²) in [7, 11) is 0. The molecule has 0 bridgehead atoms. The highest BCUT2D eigenvalue weighted by atomic mass is 79.9. The molecular formula is C10H10Br2O4. The summed E-state index contributed by atoms with van der Waals surface area (Å²) in [5, 5.41) is 0. The molecule has 4 nitrogen and oxygen atoms in total. The van der Waals surface area contributed by atoms with Gasteiger partial charge in [-0.1, -0.05) is 25.3 Å². The van der Waals surface area contributed by atoms with Crippen LogP contribution in [0.1, 0.15) is 0 Å². The van der Waals surface area contributed by atoms with E-state index >= 15 is 0 Å². The summed E-state index contributed by atoms with van der Waals surface area (Å²) in [6.07, 6.45) is 2.84. The molecule has 0 aliphatic carbocycles. The standard InChI is InChI=1S/C10H10Br2O4/c1-3-5-15-9(13)7(11)8(12)10(14)16-6-4-2/h3-4H,1-2,5-6H2/b8-7+. The third kappa shape index (κ3) is 5.27. The zero-order valence-electron chi connectivity index (χ0n) is 8.37. The lowest BCUT2D eigenvalue weighted by molar-refractivity contribution is -0.139.